The Morgan fingerprint density at radius 2 is 2.04 bits per heavy atom. The second-order valence-electron chi connectivity index (χ2n) is 5.87. The van der Waals surface area contributed by atoms with E-state index in [1.807, 2.05) is 44.4 Å². The largest absolute Gasteiger partial charge is 0.329 e. The van der Waals surface area contributed by atoms with E-state index in [4.69, 9.17) is 23.8 Å². The number of aromatic nitrogens is 2. The third-order valence-corrected chi connectivity index (χ3v) is 4.44. The number of nitrogens with zero attached hydrogens (tertiary/aromatic N) is 2. The summed E-state index contributed by atoms with van der Waals surface area (Å²) in [7, 11) is 1.83. The molecule has 2 atom stereocenters. The number of halogens is 1. The third-order valence-electron chi connectivity index (χ3n) is 3.99. The van der Waals surface area contributed by atoms with Crippen LogP contribution in [0.4, 0.5) is 5.69 Å². The highest BCUT2D eigenvalue weighted by Crippen LogP contribution is 2.47. The van der Waals surface area contributed by atoms with E-state index < -0.39 is 0 Å². The van der Waals surface area contributed by atoms with Gasteiger partial charge in [-0.25, -0.2) is 0 Å². The van der Waals surface area contributed by atoms with Crippen LogP contribution in [0.5, 0.6) is 0 Å². The number of benzene rings is 1. The molecule has 0 radical (unpaired) electrons. The zero-order valence-electron chi connectivity index (χ0n) is 13.3. The number of thiocarbonyl (C=S) groups is 1. The topological polar surface area (TPSA) is 71.0 Å². The lowest BCUT2D eigenvalue weighted by molar-refractivity contribution is -0.122. The minimum atomic E-state index is -0.0676. The molecule has 2 aromatic rings. The summed E-state index contributed by atoms with van der Waals surface area (Å²) in [6.07, 6.45) is 2.65. The highest BCUT2D eigenvalue weighted by Gasteiger charge is 2.43. The fourth-order valence-electron chi connectivity index (χ4n) is 2.65. The van der Waals surface area contributed by atoms with E-state index in [2.05, 4.69) is 21.3 Å². The van der Waals surface area contributed by atoms with Gasteiger partial charge in [0.1, 0.15) is 0 Å². The molecule has 1 aliphatic rings. The van der Waals surface area contributed by atoms with E-state index in [-0.39, 0.29) is 17.7 Å². The summed E-state index contributed by atoms with van der Waals surface area (Å²) in [5.41, 5.74) is 8.15. The van der Waals surface area contributed by atoms with E-state index in [9.17, 15) is 4.79 Å². The van der Waals surface area contributed by atoms with Crippen molar-refractivity contribution in [1.82, 2.24) is 20.6 Å². The van der Waals surface area contributed by atoms with Crippen molar-refractivity contribution >= 4 is 40.5 Å². The predicted octanol–water partition coefficient (Wildman–Crippen LogP) is 2.50. The normalized spacial score (nSPS) is 18.8. The molecule has 1 saturated carbocycles. The number of carbonyl (C=O) groups is 1. The summed E-state index contributed by atoms with van der Waals surface area (Å²) in [4.78, 5) is 12.2. The van der Waals surface area contributed by atoms with Crippen LogP contribution in [0.3, 0.4) is 0 Å². The van der Waals surface area contributed by atoms with E-state index in [1.54, 1.807) is 4.68 Å². The summed E-state index contributed by atoms with van der Waals surface area (Å²) in [6.45, 7) is 1.88. The predicted molar refractivity (Wildman–Crippen MR) is 97.7 cm³/mol. The Bertz CT molecular complexity index is 773. The average Bonchev–Trinajstić information content (AvgIpc) is 3.27. The van der Waals surface area contributed by atoms with E-state index in [1.165, 1.54) is 0 Å². The van der Waals surface area contributed by atoms with Crippen molar-refractivity contribution in [2.45, 2.75) is 19.3 Å². The van der Waals surface area contributed by atoms with Crippen molar-refractivity contribution in [3.8, 4) is 0 Å². The first kappa shape index (κ1) is 16.7. The van der Waals surface area contributed by atoms with Crippen LogP contribution in [-0.4, -0.2) is 20.8 Å². The number of rotatable bonds is 3. The maximum atomic E-state index is 12.2. The van der Waals surface area contributed by atoms with Crippen LogP contribution < -0.4 is 16.2 Å². The number of hydrogen-bond acceptors (Lipinski definition) is 3. The molecule has 1 fully saturated rings. The maximum absolute atomic E-state index is 12.2. The van der Waals surface area contributed by atoms with Crippen molar-refractivity contribution in [1.29, 1.82) is 0 Å². The van der Waals surface area contributed by atoms with Gasteiger partial charge >= 0.3 is 0 Å². The monoisotopic (exact) mass is 363 g/mol. The molecule has 0 unspecified atom stereocenters. The molecular weight excluding hydrogens is 346 g/mol. The van der Waals surface area contributed by atoms with Crippen LogP contribution in [0.1, 0.15) is 23.6 Å². The number of hydrogen-bond donors (Lipinski definition) is 3. The van der Waals surface area contributed by atoms with Gasteiger partial charge in [-0.1, -0.05) is 23.7 Å². The quantitative estimate of drug-likeness (QED) is 0.577. The SMILES string of the molecule is Cc1nn(C)cc1NC(=S)NNC(=O)[C@@H]1C[C@H]1c1ccc(Cl)cc1. The highest BCUT2D eigenvalue weighted by atomic mass is 35.5. The molecule has 3 rings (SSSR count). The molecule has 0 spiro atoms. The number of hydrazine groups is 1. The summed E-state index contributed by atoms with van der Waals surface area (Å²) in [5.74, 6) is 0.134. The molecule has 3 N–H and O–H groups in total. The maximum Gasteiger partial charge on any atom is 0.242 e. The van der Waals surface area contributed by atoms with Gasteiger partial charge in [0.2, 0.25) is 5.91 Å². The molecule has 8 heteroatoms. The molecule has 0 aliphatic heterocycles. The zero-order chi connectivity index (χ0) is 17.3. The van der Waals surface area contributed by atoms with Crippen molar-refractivity contribution in [3.63, 3.8) is 0 Å². The zero-order valence-corrected chi connectivity index (χ0v) is 14.9. The van der Waals surface area contributed by atoms with Gasteiger partial charge in [-0.3, -0.25) is 20.3 Å². The number of aryl methyl sites for hydroxylation is 2. The molecule has 1 heterocycles. The van der Waals surface area contributed by atoms with Gasteiger partial charge in [0, 0.05) is 24.2 Å². The smallest absolute Gasteiger partial charge is 0.242 e. The molecule has 1 aliphatic carbocycles. The van der Waals surface area contributed by atoms with Crippen LogP contribution in [0.15, 0.2) is 30.5 Å². The van der Waals surface area contributed by atoms with Gasteiger partial charge in [-0.15, -0.1) is 0 Å². The lowest BCUT2D eigenvalue weighted by Crippen LogP contribution is -2.44. The molecule has 1 aromatic carbocycles. The van der Waals surface area contributed by atoms with Gasteiger partial charge in [-0.2, -0.15) is 5.10 Å². The fourth-order valence-corrected chi connectivity index (χ4v) is 2.94. The first-order valence-corrected chi connectivity index (χ1v) is 8.35. The average molecular weight is 364 g/mol. The number of amides is 1. The summed E-state index contributed by atoms with van der Waals surface area (Å²) >= 11 is 11.1. The van der Waals surface area contributed by atoms with Crippen LogP contribution in [0, 0.1) is 12.8 Å². The molecular formula is C16H18ClN5OS. The molecule has 1 amide bonds. The standard InChI is InChI=1S/C16H18ClN5OS/c1-9-14(8-22(2)21-9)18-16(24)20-19-15(23)13-7-12(13)10-3-5-11(17)6-4-10/h3-6,8,12-13H,7H2,1-2H3,(H,19,23)(H2,18,20,24)/t12-,13+/m0/s1. The molecule has 0 saturated heterocycles. The van der Waals surface area contributed by atoms with Crippen molar-refractivity contribution < 1.29 is 4.79 Å². The second kappa shape index (κ2) is 6.78. The first-order valence-electron chi connectivity index (χ1n) is 7.56. The number of carbonyl (C=O) groups excluding carboxylic acids is 1. The Balaban J connectivity index is 1.47. The van der Waals surface area contributed by atoms with Crippen molar-refractivity contribution in [3.05, 3.63) is 46.7 Å². The summed E-state index contributed by atoms with van der Waals surface area (Å²) in [5, 5.41) is 8.24. The third kappa shape index (κ3) is 3.85. The Hall–Kier alpha value is -2.12. The van der Waals surface area contributed by atoms with Crippen LogP contribution in [0.2, 0.25) is 5.02 Å². The Labute approximate surface area is 150 Å². The molecule has 1 aromatic heterocycles. The fraction of sp³-hybridized carbons (Fsp3) is 0.312. The van der Waals surface area contributed by atoms with Gasteiger partial charge in [0.05, 0.1) is 11.4 Å². The lowest BCUT2D eigenvalue weighted by Gasteiger charge is -2.11. The minimum absolute atomic E-state index is 0.0402. The summed E-state index contributed by atoms with van der Waals surface area (Å²) < 4.78 is 1.69. The Morgan fingerprint density at radius 3 is 2.67 bits per heavy atom. The second-order valence-corrected chi connectivity index (χ2v) is 6.72. The lowest BCUT2D eigenvalue weighted by atomic mass is 10.1. The van der Waals surface area contributed by atoms with Crippen LogP contribution in [-0.2, 0) is 11.8 Å². The molecule has 6 nitrogen and oxygen atoms in total. The molecule has 126 valence electrons. The van der Waals surface area contributed by atoms with Gasteiger partial charge in [-0.05, 0) is 49.2 Å². The van der Waals surface area contributed by atoms with Crippen LogP contribution >= 0.6 is 23.8 Å². The first-order chi connectivity index (χ1) is 11.4. The van der Waals surface area contributed by atoms with E-state index in [0.717, 1.165) is 23.4 Å². The highest BCUT2D eigenvalue weighted by molar-refractivity contribution is 7.80. The van der Waals surface area contributed by atoms with E-state index >= 15 is 0 Å². The molecule has 24 heavy (non-hydrogen) atoms. The van der Waals surface area contributed by atoms with Crippen molar-refractivity contribution in [2.75, 3.05) is 5.32 Å². The van der Waals surface area contributed by atoms with Gasteiger partial charge in [0.15, 0.2) is 5.11 Å². The van der Waals surface area contributed by atoms with Crippen molar-refractivity contribution in [2.24, 2.45) is 13.0 Å². The Morgan fingerprint density at radius 1 is 1.33 bits per heavy atom. The van der Waals surface area contributed by atoms with Gasteiger partial charge < -0.3 is 5.32 Å². The van der Waals surface area contributed by atoms with Crippen LogP contribution in [0.25, 0.3) is 0 Å². The number of anilines is 1. The van der Waals surface area contributed by atoms with Gasteiger partial charge in [0.25, 0.3) is 0 Å². The summed E-state index contributed by atoms with van der Waals surface area (Å²) in [6, 6.07) is 7.62. The molecule has 0 bridgehead atoms. The number of nitrogens with one attached hydrogen (secondary N) is 3. The minimum Gasteiger partial charge on any atom is -0.329 e. The Kier molecular flexibility index (Phi) is 4.73. The van der Waals surface area contributed by atoms with E-state index in [0.29, 0.717) is 10.1 Å².